The lowest BCUT2D eigenvalue weighted by Crippen LogP contribution is -2.37. The number of hydrogen-bond donors (Lipinski definition) is 0. The van der Waals surface area contributed by atoms with Gasteiger partial charge in [0, 0.05) is 25.8 Å². The van der Waals surface area contributed by atoms with Crippen LogP contribution in [-0.2, 0) is 21.4 Å². The molecule has 1 saturated heterocycles. The zero-order valence-electron chi connectivity index (χ0n) is 17.9. The fourth-order valence-corrected chi connectivity index (χ4v) is 3.91. The maximum atomic E-state index is 13.4. The van der Waals surface area contributed by atoms with Gasteiger partial charge in [-0.05, 0) is 42.7 Å². The van der Waals surface area contributed by atoms with Gasteiger partial charge in [0.05, 0.1) is 32.1 Å². The summed E-state index contributed by atoms with van der Waals surface area (Å²) < 4.78 is 43.9. The molecule has 168 valence electrons. The predicted octanol–water partition coefficient (Wildman–Crippen LogP) is 2.86. The van der Waals surface area contributed by atoms with Crippen molar-refractivity contribution in [3.63, 3.8) is 0 Å². The summed E-state index contributed by atoms with van der Waals surface area (Å²) in [6.07, 6.45) is 2.83. The average Bonchev–Trinajstić information content (AvgIpc) is 3.25. The van der Waals surface area contributed by atoms with Gasteiger partial charge in [-0.15, -0.1) is 0 Å². The highest BCUT2D eigenvalue weighted by Gasteiger charge is 2.26. The van der Waals surface area contributed by atoms with Crippen LogP contribution in [0.5, 0.6) is 17.2 Å². The zero-order chi connectivity index (χ0) is 22.4. The van der Waals surface area contributed by atoms with E-state index in [-0.39, 0.29) is 17.8 Å². The molecule has 0 radical (unpaired) electrons. The maximum Gasteiger partial charge on any atom is 0.306 e. The molecule has 1 fully saturated rings. The molecule has 1 aliphatic heterocycles. The van der Waals surface area contributed by atoms with E-state index >= 15 is 0 Å². The molecule has 1 aliphatic rings. The molecule has 2 aromatic rings. The van der Waals surface area contributed by atoms with E-state index in [2.05, 4.69) is 0 Å². The normalized spacial score (nSPS) is 16.0. The molecule has 1 amide bonds. The lowest BCUT2D eigenvalue weighted by molar-refractivity contribution is 0.0505. The summed E-state index contributed by atoms with van der Waals surface area (Å²) in [5, 5.41) is 0. The van der Waals surface area contributed by atoms with Crippen LogP contribution >= 0.6 is 0 Å². The smallest absolute Gasteiger partial charge is 0.306 e. The van der Waals surface area contributed by atoms with Crippen LogP contribution in [0.3, 0.4) is 0 Å². The number of hydrogen-bond acceptors (Lipinski definition) is 7. The highest BCUT2D eigenvalue weighted by molar-refractivity contribution is 7.86. The molecule has 0 N–H and O–H groups in total. The molecule has 0 aliphatic carbocycles. The number of rotatable bonds is 9. The Morgan fingerprint density at radius 1 is 1.10 bits per heavy atom. The molecule has 0 aromatic heterocycles. The summed E-state index contributed by atoms with van der Waals surface area (Å²) in [7, 11) is -0.534. The minimum Gasteiger partial charge on any atom is -0.497 e. The Kier molecular flexibility index (Phi) is 7.40. The van der Waals surface area contributed by atoms with Crippen LogP contribution in [0.1, 0.15) is 28.8 Å². The Bertz CT molecular complexity index is 999. The van der Waals surface area contributed by atoms with E-state index in [4.69, 9.17) is 18.4 Å². The van der Waals surface area contributed by atoms with Crippen LogP contribution in [0.25, 0.3) is 0 Å². The second-order valence-corrected chi connectivity index (χ2v) is 8.89. The molecule has 1 atom stereocenters. The van der Waals surface area contributed by atoms with Crippen molar-refractivity contribution in [2.45, 2.75) is 25.5 Å². The topological polar surface area (TPSA) is 91.4 Å². The zero-order valence-corrected chi connectivity index (χ0v) is 18.7. The van der Waals surface area contributed by atoms with E-state index in [0.717, 1.165) is 24.7 Å². The second kappa shape index (κ2) is 10.0. The summed E-state index contributed by atoms with van der Waals surface area (Å²) in [6.45, 7) is 1.46. The first-order chi connectivity index (χ1) is 14.8. The minimum atomic E-state index is -3.60. The van der Waals surface area contributed by atoms with E-state index in [0.29, 0.717) is 36.8 Å². The number of methoxy groups -OCH3 is 2. The quantitative estimate of drug-likeness (QED) is 0.544. The van der Waals surface area contributed by atoms with Gasteiger partial charge in [0.2, 0.25) is 0 Å². The van der Waals surface area contributed by atoms with Gasteiger partial charge >= 0.3 is 10.1 Å². The number of ether oxygens (including phenoxy) is 3. The van der Waals surface area contributed by atoms with Crippen LogP contribution in [0.4, 0.5) is 0 Å². The summed E-state index contributed by atoms with van der Waals surface area (Å²) in [6, 6.07) is 11.7. The van der Waals surface area contributed by atoms with Crippen LogP contribution in [0, 0.1) is 0 Å². The van der Waals surface area contributed by atoms with Gasteiger partial charge in [-0.25, -0.2) is 0 Å². The molecule has 2 aromatic carbocycles. The molecule has 0 bridgehead atoms. The lowest BCUT2D eigenvalue weighted by Gasteiger charge is -2.26. The van der Waals surface area contributed by atoms with Gasteiger partial charge in [0.1, 0.15) is 17.2 Å². The Labute approximate surface area is 182 Å². The first-order valence-corrected chi connectivity index (χ1v) is 11.7. The van der Waals surface area contributed by atoms with E-state index in [1.165, 1.54) is 7.11 Å². The van der Waals surface area contributed by atoms with Crippen molar-refractivity contribution < 1.29 is 31.6 Å². The molecular formula is C22H27NO7S. The molecule has 1 heterocycles. The largest absolute Gasteiger partial charge is 0.497 e. The predicted molar refractivity (Wildman–Crippen MR) is 115 cm³/mol. The van der Waals surface area contributed by atoms with Gasteiger partial charge in [0.25, 0.3) is 5.91 Å². The lowest BCUT2D eigenvalue weighted by atomic mass is 10.1. The minimum absolute atomic E-state index is 0.0268. The summed E-state index contributed by atoms with van der Waals surface area (Å²) >= 11 is 0. The van der Waals surface area contributed by atoms with E-state index in [1.54, 1.807) is 54.5 Å². The first kappa shape index (κ1) is 22.9. The molecule has 31 heavy (non-hydrogen) atoms. The molecule has 0 saturated carbocycles. The maximum absolute atomic E-state index is 13.4. The summed E-state index contributed by atoms with van der Waals surface area (Å²) in [4.78, 5) is 15.1. The van der Waals surface area contributed by atoms with E-state index in [1.807, 2.05) is 0 Å². The van der Waals surface area contributed by atoms with Gasteiger partial charge in [-0.2, -0.15) is 8.42 Å². The van der Waals surface area contributed by atoms with Crippen molar-refractivity contribution in [1.82, 2.24) is 4.90 Å². The summed E-state index contributed by atoms with van der Waals surface area (Å²) in [5.74, 6) is 1.06. The molecule has 9 heteroatoms. The number of amides is 1. The number of nitrogens with zero attached hydrogens (tertiary/aromatic N) is 1. The monoisotopic (exact) mass is 449 g/mol. The van der Waals surface area contributed by atoms with Crippen LogP contribution in [0.2, 0.25) is 0 Å². The summed E-state index contributed by atoms with van der Waals surface area (Å²) in [5.41, 5.74) is 1.26. The molecule has 8 nitrogen and oxygen atoms in total. The fraction of sp³-hybridized carbons (Fsp3) is 0.409. The van der Waals surface area contributed by atoms with E-state index < -0.39 is 10.1 Å². The van der Waals surface area contributed by atoms with Crippen molar-refractivity contribution in [3.05, 3.63) is 53.6 Å². The SMILES string of the molecule is COc1ccc(C(=O)N(Cc2ccc(OS(C)(=O)=O)cc2)CC2CCCO2)c(OC)c1. The van der Waals surface area contributed by atoms with Crippen molar-refractivity contribution in [3.8, 4) is 17.2 Å². The van der Waals surface area contributed by atoms with Crippen LogP contribution in [-0.4, -0.2) is 59.0 Å². The molecule has 0 spiro atoms. The highest BCUT2D eigenvalue weighted by Crippen LogP contribution is 2.27. The Hall–Kier alpha value is -2.78. The molecule has 1 unspecified atom stereocenters. The van der Waals surface area contributed by atoms with Crippen LogP contribution in [0.15, 0.2) is 42.5 Å². The fourth-order valence-electron chi connectivity index (χ4n) is 3.44. The van der Waals surface area contributed by atoms with Crippen molar-refractivity contribution in [2.75, 3.05) is 33.6 Å². The molecular weight excluding hydrogens is 422 g/mol. The standard InChI is InChI=1S/C22H27NO7S/c1-27-18-10-11-20(21(13-18)28-2)22(24)23(15-19-5-4-12-29-19)14-16-6-8-17(9-7-16)30-31(3,25)26/h6-11,13,19H,4-5,12,14-15H2,1-3H3. The third kappa shape index (κ3) is 6.35. The van der Waals surface area contributed by atoms with Gasteiger partial charge < -0.3 is 23.3 Å². The van der Waals surface area contributed by atoms with Crippen molar-refractivity contribution in [2.24, 2.45) is 0 Å². The number of carbonyl (C=O) groups excluding carboxylic acids is 1. The second-order valence-electron chi connectivity index (χ2n) is 7.32. The van der Waals surface area contributed by atoms with Crippen LogP contribution < -0.4 is 13.7 Å². The third-order valence-corrected chi connectivity index (χ3v) is 5.41. The van der Waals surface area contributed by atoms with E-state index in [9.17, 15) is 13.2 Å². The Morgan fingerprint density at radius 3 is 2.39 bits per heavy atom. The first-order valence-electron chi connectivity index (χ1n) is 9.90. The van der Waals surface area contributed by atoms with Crippen molar-refractivity contribution >= 4 is 16.0 Å². The Balaban J connectivity index is 1.83. The third-order valence-electron chi connectivity index (χ3n) is 4.92. The average molecular weight is 450 g/mol. The van der Waals surface area contributed by atoms with Gasteiger partial charge in [-0.3, -0.25) is 4.79 Å². The molecule has 3 rings (SSSR count). The van der Waals surface area contributed by atoms with Gasteiger partial charge in [0.15, 0.2) is 0 Å². The highest BCUT2D eigenvalue weighted by atomic mass is 32.2. The number of carbonyl (C=O) groups is 1. The number of benzene rings is 2. The van der Waals surface area contributed by atoms with Crippen molar-refractivity contribution in [1.29, 1.82) is 0 Å². The van der Waals surface area contributed by atoms with Gasteiger partial charge in [-0.1, -0.05) is 12.1 Å². The Morgan fingerprint density at radius 2 is 1.81 bits per heavy atom.